The molecule has 0 saturated heterocycles. The van der Waals surface area contributed by atoms with Gasteiger partial charge in [0.2, 0.25) is 47.3 Å². The predicted molar refractivity (Wildman–Crippen MR) is 291 cm³/mol. The van der Waals surface area contributed by atoms with Gasteiger partial charge in [0, 0.05) is 31.6 Å². The van der Waals surface area contributed by atoms with Crippen LogP contribution in [0.1, 0.15) is 82.8 Å². The predicted octanol–water partition coefficient (Wildman–Crippen LogP) is -3.70. The van der Waals surface area contributed by atoms with Crippen LogP contribution in [0.25, 0.3) is 0 Å². The van der Waals surface area contributed by atoms with Gasteiger partial charge in [-0.2, -0.15) is 12.6 Å². The number of guanidine groups is 1. The van der Waals surface area contributed by atoms with Crippen LogP contribution in [-0.4, -0.2) is 170 Å². The molecule has 0 aliphatic rings. The number of hydrogen-bond donors (Lipinski definition) is 18. The first-order valence-electron chi connectivity index (χ1n) is 25.5. The van der Waals surface area contributed by atoms with Gasteiger partial charge >= 0.3 is 17.9 Å². The minimum Gasteiger partial charge on any atom is -0.508 e. The summed E-state index contributed by atoms with van der Waals surface area (Å²) in [5, 5.41) is 67.6. The number of carbonyl (C=O) groups excluding carboxylic acids is 8. The number of aliphatic carboxylic acids is 3. The van der Waals surface area contributed by atoms with Gasteiger partial charge < -0.3 is 91.0 Å². The average Bonchev–Trinajstić information content (AvgIpc) is 3.38. The van der Waals surface area contributed by atoms with Crippen molar-refractivity contribution in [3.05, 3.63) is 59.7 Å². The van der Waals surface area contributed by atoms with Crippen molar-refractivity contribution in [1.29, 1.82) is 0 Å². The molecule has 30 heteroatoms. The number of carbonyl (C=O) groups is 11. The van der Waals surface area contributed by atoms with Crippen LogP contribution < -0.4 is 65.5 Å². The summed E-state index contributed by atoms with van der Waals surface area (Å²) < 4.78 is 0. The molecule has 0 aliphatic carbocycles. The van der Waals surface area contributed by atoms with E-state index in [-0.39, 0.29) is 80.7 Å². The second-order valence-electron chi connectivity index (χ2n) is 19.0. The normalized spacial score (nSPS) is 13.9. The van der Waals surface area contributed by atoms with Gasteiger partial charge in [0.05, 0.1) is 19.0 Å². The van der Waals surface area contributed by atoms with E-state index in [1.165, 1.54) is 48.5 Å². The highest BCUT2D eigenvalue weighted by molar-refractivity contribution is 7.80. The number of phenols is 2. The highest BCUT2D eigenvalue weighted by Crippen LogP contribution is 2.15. The molecule has 0 saturated carbocycles. The average molecular weight is 1150 g/mol. The van der Waals surface area contributed by atoms with Gasteiger partial charge in [0.15, 0.2) is 5.96 Å². The Balaban J connectivity index is 2.47. The lowest BCUT2D eigenvalue weighted by Gasteiger charge is -2.26. The Bertz CT molecular complexity index is 2460. The topological polar surface area (TPSA) is 502 Å². The maximum atomic E-state index is 14.2. The van der Waals surface area contributed by atoms with Gasteiger partial charge in [0.1, 0.15) is 53.8 Å². The van der Waals surface area contributed by atoms with E-state index in [1.54, 1.807) is 13.8 Å². The molecule has 0 fully saturated rings. The maximum Gasteiger partial charge on any atom is 0.327 e. The number of benzene rings is 2. The van der Waals surface area contributed by atoms with Crippen LogP contribution >= 0.6 is 12.6 Å². The summed E-state index contributed by atoms with van der Waals surface area (Å²) in [5.41, 5.74) is 23.3. The molecule has 0 heterocycles. The lowest BCUT2D eigenvalue weighted by atomic mass is 10.0. The van der Waals surface area contributed by atoms with Crippen LogP contribution in [0.2, 0.25) is 0 Å². The highest BCUT2D eigenvalue weighted by atomic mass is 32.1. The first-order valence-corrected chi connectivity index (χ1v) is 26.1. The molecule has 0 radical (unpaired) electrons. The number of hydrogen-bond acceptors (Lipinski definition) is 17. The number of carboxylic acid groups (broad SMARTS) is 3. The van der Waals surface area contributed by atoms with Gasteiger partial charge in [-0.1, -0.05) is 38.1 Å². The SMILES string of the molecule is CC(C)C[C@H](N)C(=O)N[C@@H](CCC(=O)O)C(=O)N[C@@H](CC(=O)O)C(=O)N[C@@H](Cc1ccc(O)cc1)C(=O)NCC(=O)N[C@@H](CCCN=C(N)N)C(=O)N[C@@H](Cc1ccc(O)cc1)C(=O)N[C@@H](CCCCN)C(=O)N[C@@H](CS)C(=O)O. The Morgan fingerprint density at radius 3 is 1.46 bits per heavy atom. The molecule has 0 aromatic heterocycles. The van der Waals surface area contributed by atoms with E-state index in [1.807, 2.05) is 0 Å². The van der Waals surface area contributed by atoms with Crippen molar-refractivity contribution >= 4 is 83.8 Å². The number of thiol groups is 1. The number of nitrogens with two attached hydrogens (primary N) is 4. The standard InChI is InChI=1S/C50H75N13O16S/c1-26(2)20-31(52)42(71)58-34(16-17-40(67)68)46(75)62-37(23-41(69)70)48(77)60-35(21-27-8-12-29(64)13-9-27)43(72)56-24-39(66)57-32(7-5-19-55-50(53)54)44(73)61-36(22-28-10-14-30(65)15-11-28)47(76)59-33(6-3-4-18-51)45(74)63-38(25-80)49(78)79/h8-15,26,31-38,64-65,80H,3-7,16-25,51-52H2,1-2H3,(H,56,72)(H,57,66)(H,58,71)(H,59,76)(H,60,77)(H,61,73)(H,62,75)(H,63,74)(H,67,68)(H,69,70)(H,78,79)(H4,53,54,55)/t31-,32-,33-,34-,35-,36-,37-,38-/m0/s1. The Hall–Kier alpha value is -8.25. The van der Waals surface area contributed by atoms with Crippen LogP contribution in [0.4, 0.5) is 0 Å². The molecule has 0 bridgehead atoms. The molecule has 0 aliphatic heterocycles. The van der Waals surface area contributed by atoms with Crippen LogP contribution in [0.5, 0.6) is 11.5 Å². The van der Waals surface area contributed by atoms with E-state index in [0.717, 1.165) is 0 Å². The zero-order valence-electron chi connectivity index (χ0n) is 44.4. The smallest absolute Gasteiger partial charge is 0.327 e. The van der Waals surface area contributed by atoms with Gasteiger partial charge in [-0.05, 0) is 92.8 Å². The summed E-state index contributed by atoms with van der Waals surface area (Å²) >= 11 is 3.98. The number of aromatic hydroxyl groups is 2. The lowest BCUT2D eigenvalue weighted by Crippen LogP contribution is -2.59. The monoisotopic (exact) mass is 1150 g/mol. The van der Waals surface area contributed by atoms with Crippen molar-refractivity contribution in [2.24, 2.45) is 33.8 Å². The van der Waals surface area contributed by atoms with Gasteiger partial charge in [-0.25, -0.2) is 4.79 Å². The number of nitrogens with zero attached hydrogens (tertiary/aromatic N) is 1. The number of rotatable bonds is 37. The van der Waals surface area contributed by atoms with Crippen molar-refractivity contribution in [2.45, 2.75) is 133 Å². The number of carboxylic acids is 3. The maximum absolute atomic E-state index is 14.2. The minimum atomic E-state index is -1.94. The van der Waals surface area contributed by atoms with Crippen LogP contribution in [-0.2, 0) is 65.6 Å². The second kappa shape index (κ2) is 35.3. The lowest BCUT2D eigenvalue weighted by molar-refractivity contribution is -0.142. The second-order valence-corrected chi connectivity index (χ2v) is 19.3. The zero-order valence-corrected chi connectivity index (χ0v) is 45.2. The molecule has 0 spiro atoms. The molecular weight excluding hydrogens is 1070 g/mol. The van der Waals surface area contributed by atoms with Crippen molar-refractivity contribution in [3.63, 3.8) is 0 Å². The molecule has 0 unspecified atom stereocenters. The van der Waals surface area contributed by atoms with Crippen LogP contribution in [0, 0.1) is 5.92 Å². The van der Waals surface area contributed by atoms with E-state index in [9.17, 15) is 78.3 Å². The van der Waals surface area contributed by atoms with Gasteiger partial charge in [-0.15, -0.1) is 0 Å². The molecule has 2 aromatic carbocycles. The third-order valence-corrected chi connectivity index (χ3v) is 12.1. The fourth-order valence-electron chi connectivity index (χ4n) is 7.59. The van der Waals surface area contributed by atoms with Crippen LogP contribution in [0.15, 0.2) is 53.5 Å². The van der Waals surface area contributed by atoms with Crippen molar-refractivity contribution in [1.82, 2.24) is 42.5 Å². The number of amides is 8. The van der Waals surface area contributed by atoms with Gasteiger partial charge in [-0.3, -0.25) is 52.9 Å². The van der Waals surface area contributed by atoms with Crippen LogP contribution in [0.3, 0.4) is 0 Å². The number of aliphatic imine (C=N–C) groups is 1. The number of nitrogens with one attached hydrogen (secondary N) is 8. The Labute approximate surface area is 466 Å². The van der Waals surface area contributed by atoms with Crippen molar-refractivity contribution in [3.8, 4) is 11.5 Å². The number of unbranched alkanes of at least 4 members (excludes halogenated alkanes) is 1. The first kappa shape index (κ1) is 67.9. The Kier molecular flexibility index (Phi) is 29.9. The molecule has 8 atom stereocenters. The molecular formula is C50H75N13O16S. The summed E-state index contributed by atoms with van der Waals surface area (Å²) in [6, 6.07) is -1.12. The van der Waals surface area contributed by atoms with Crippen molar-refractivity contribution < 1.29 is 78.3 Å². The van der Waals surface area contributed by atoms with Crippen molar-refractivity contribution in [2.75, 3.05) is 25.4 Å². The van der Waals surface area contributed by atoms with E-state index in [2.05, 4.69) is 60.2 Å². The van der Waals surface area contributed by atoms with Gasteiger partial charge in [0.25, 0.3) is 0 Å². The summed E-state index contributed by atoms with van der Waals surface area (Å²) in [5.74, 6) is -13.2. The molecule has 21 N–H and O–H groups in total. The zero-order chi connectivity index (χ0) is 60.1. The molecule has 8 amide bonds. The molecule has 442 valence electrons. The molecule has 29 nitrogen and oxygen atoms in total. The van der Waals surface area contributed by atoms with E-state index >= 15 is 0 Å². The molecule has 80 heavy (non-hydrogen) atoms. The summed E-state index contributed by atoms with van der Waals surface area (Å²) in [7, 11) is 0. The summed E-state index contributed by atoms with van der Waals surface area (Å²) in [6.45, 7) is 2.89. The fraction of sp³-hybridized carbons (Fsp3) is 0.520. The number of phenolic OH excluding ortho intramolecular Hbond substituents is 2. The largest absolute Gasteiger partial charge is 0.508 e. The van der Waals surface area contributed by atoms with E-state index in [4.69, 9.17) is 22.9 Å². The third kappa shape index (κ3) is 26.4. The molecule has 2 aromatic rings. The quantitative estimate of drug-likeness (QED) is 0.0134. The Morgan fingerprint density at radius 1 is 0.550 bits per heavy atom. The van der Waals surface area contributed by atoms with E-state index < -0.39 is 139 Å². The summed E-state index contributed by atoms with van der Waals surface area (Å²) in [4.78, 5) is 149. The third-order valence-electron chi connectivity index (χ3n) is 11.8. The Morgan fingerprint density at radius 2 is 0.988 bits per heavy atom. The molecule has 2 rings (SSSR count). The van der Waals surface area contributed by atoms with E-state index in [0.29, 0.717) is 24.0 Å². The highest BCUT2D eigenvalue weighted by Gasteiger charge is 2.34. The fourth-order valence-corrected chi connectivity index (χ4v) is 7.83. The first-order chi connectivity index (χ1) is 37.7. The summed E-state index contributed by atoms with van der Waals surface area (Å²) in [6.07, 6.45) is -1.96. The minimum absolute atomic E-state index is 0.00786.